The third kappa shape index (κ3) is 22.1. The number of rotatable bonds is 7. The van der Waals surface area contributed by atoms with Crippen molar-refractivity contribution in [3.8, 4) is 0 Å². The van der Waals surface area contributed by atoms with Crippen LogP contribution in [0, 0.1) is 0 Å². The molecule has 11 heteroatoms. The predicted molar refractivity (Wildman–Crippen MR) is 162 cm³/mol. The average Bonchev–Trinajstić information content (AvgIpc) is 2.98. The number of quaternary nitrogens is 1. The highest BCUT2D eigenvalue weighted by Crippen LogP contribution is 1.99. The van der Waals surface area contributed by atoms with E-state index in [1.165, 1.54) is 0 Å². The molecule has 0 saturated heterocycles. The Morgan fingerprint density at radius 1 is 0.732 bits per heavy atom. The van der Waals surface area contributed by atoms with E-state index in [-0.39, 0.29) is 29.0 Å². The third-order valence-corrected chi connectivity index (χ3v) is 4.31. The van der Waals surface area contributed by atoms with Crippen LogP contribution in [0.5, 0.6) is 0 Å². The Morgan fingerprint density at radius 3 is 1.32 bits per heavy atom. The van der Waals surface area contributed by atoms with Gasteiger partial charge >= 0.3 is 0 Å². The quantitative estimate of drug-likeness (QED) is 0.166. The van der Waals surface area contributed by atoms with Crippen LogP contribution in [0.3, 0.4) is 0 Å². The second-order valence-electron chi connectivity index (χ2n) is 8.99. The van der Waals surface area contributed by atoms with Gasteiger partial charge in [0.15, 0.2) is 6.67 Å². The van der Waals surface area contributed by atoms with Gasteiger partial charge in [-0.25, -0.2) is 5.21 Å². The van der Waals surface area contributed by atoms with Gasteiger partial charge in [0.25, 0.3) is 11.8 Å². The monoisotopic (exact) mass is 569 g/mol. The number of nitrogens with two attached hydrogens (primary N) is 1. The molecule has 224 valence electrons. The molecule has 0 unspecified atom stereocenters. The summed E-state index contributed by atoms with van der Waals surface area (Å²) in [6.45, 7) is 2.75. The van der Waals surface area contributed by atoms with Gasteiger partial charge in [-0.15, -0.1) is 0 Å². The van der Waals surface area contributed by atoms with Crippen LogP contribution in [0.2, 0.25) is 0 Å². The summed E-state index contributed by atoms with van der Waals surface area (Å²) in [4.78, 5) is 43.2. The minimum atomic E-state index is -0.379. The molecule has 0 heterocycles. The SMILES string of the molecule is C=O.CN(C)CNC(=O)c1ccccc1.CNC.C[N+](C)(O)CNC(=O)c1ccccc1.NC(=O)c1ccccc1. The first-order valence-electron chi connectivity index (χ1n) is 12.5. The van der Waals surface area contributed by atoms with E-state index >= 15 is 0 Å². The van der Waals surface area contributed by atoms with Crippen LogP contribution in [0.1, 0.15) is 31.1 Å². The van der Waals surface area contributed by atoms with Crippen molar-refractivity contribution in [1.29, 1.82) is 0 Å². The Labute approximate surface area is 243 Å². The van der Waals surface area contributed by atoms with Gasteiger partial charge in [0.1, 0.15) is 6.79 Å². The lowest BCUT2D eigenvalue weighted by molar-refractivity contribution is -1.07. The first-order valence-corrected chi connectivity index (χ1v) is 12.5. The summed E-state index contributed by atoms with van der Waals surface area (Å²) in [6, 6.07) is 26.9. The van der Waals surface area contributed by atoms with E-state index in [1.807, 2.05) is 70.2 Å². The molecule has 0 radical (unpaired) electrons. The number of hydrogen-bond acceptors (Lipinski definition) is 7. The molecule has 3 aromatic rings. The zero-order chi connectivity index (χ0) is 31.7. The molecule has 3 rings (SSSR count). The van der Waals surface area contributed by atoms with Gasteiger partial charge in [-0.3, -0.25) is 19.3 Å². The van der Waals surface area contributed by atoms with E-state index in [4.69, 9.17) is 10.5 Å². The number of nitrogens with zero attached hydrogens (tertiary/aromatic N) is 2. The fourth-order valence-electron chi connectivity index (χ4n) is 2.48. The smallest absolute Gasteiger partial charge is 0.255 e. The lowest BCUT2D eigenvalue weighted by atomic mass is 10.2. The standard InChI is InChI=1S/C10H14N2O2.C10H14N2O.C7H7NO.C2H7N.CH2O/c1-12(2,14)8-11-10(13)9-6-4-3-5-7-9;1-12(2)8-11-10(13)9-6-4-3-5-7-9;8-7(9)6-4-2-1-3-5-6;1-3-2;1-2/h3-7,14H,8H2,1-2H3;3-7H,8H2,1-2H3,(H,11,13);1-5H,(H2,8,9);3H,1-2H3;1H2/p+1. The van der Waals surface area contributed by atoms with Crippen molar-refractivity contribution in [2.75, 3.05) is 55.6 Å². The molecule has 6 N–H and O–H groups in total. The minimum absolute atomic E-state index is 0.0331. The molecule has 0 aliphatic carbocycles. The molecular weight excluding hydrogens is 524 g/mol. The van der Waals surface area contributed by atoms with Crippen molar-refractivity contribution in [3.05, 3.63) is 108 Å². The highest BCUT2D eigenvalue weighted by Gasteiger charge is 2.12. The summed E-state index contributed by atoms with van der Waals surface area (Å²) >= 11 is 0. The Kier molecular flexibility index (Phi) is 22.2. The maximum absolute atomic E-state index is 11.5. The highest BCUT2D eigenvalue weighted by atomic mass is 16.5. The zero-order valence-corrected chi connectivity index (χ0v) is 24.8. The number of benzene rings is 3. The van der Waals surface area contributed by atoms with Crippen molar-refractivity contribution in [2.24, 2.45) is 5.73 Å². The molecule has 0 bridgehead atoms. The molecule has 0 aromatic heterocycles. The summed E-state index contributed by atoms with van der Waals surface area (Å²) in [7, 11) is 10.7. The second kappa shape index (κ2) is 23.5. The van der Waals surface area contributed by atoms with E-state index in [0.717, 1.165) is 0 Å². The van der Waals surface area contributed by atoms with E-state index in [9.17, 15) is 19.6 Å². The molecule has 0 atom stereocenters. The highest BCUT2D eigenvalue weighted by molar-refractivity contribution is 5.94. The fraction of sp³-hybridized carbons (Fsp3) is 0.267. The van der Waals surface area contributed by atoms with Gasteiger partial charge in [-0.05, 0) is 64.6 Å². The molecule has 41 heavy (non-hydrogen) atoms. The van der Waals surface area contributed by atoms with Crippen molar-refractivity contribution >= 4 is 24.5 Å². The average molecular weight is 570 g/mol. The number of carbonyl (C=O) groups is 4. The summed E-state index contributed by atoms with van der Waals surface area (Å²) in [5.41, 5.74) is 6.82. The summed E-state index contributed by atoms with van der Waals surface area (Å²) in [5, 5.41) is 17.5. The third-order valence-electron chi connectivity index (χ3n) is 4.31. The largest absolute Gasteiger partial charge is 0.366 e. The molecule has 3 amide bonds. The zero-order valence-electron chi connectivity index (χ0n) is 24.8. The molecular formula is C30H45N6O5+. The lowest BCUT2D eigenvalue weighted by Crippen LogP contribution is -2.45. The van der Waals surface area contributed by atoms with E-state index in [0.29, 0.717) is 23.4 Å². The van der Waals surface area contributed by atoms with E-state index in [1.54, 1.807) is 74.8 Å². The number of carbonyl (C=O) groups excluding carboxylic acids is 4. The number of primary amides is 1. The van der Waals surface area contributed by atoms with E-state index in [2.05, 4.69) is 16.0 Å². The number of hydroxylamine groups is 3. The minimum Gasteiger partial charge on any atom is -0.366 e. The van der Waals surface area contributed by atoms with Crippen LogP contribution in [0.4, 0.5) is 0 Å². The van der Waals surface area contributed by atoms with Gasteiger partial charge in [0, 0.05) is 16.7 Å². The fourth-order valence-corrected chi connectivity index (χ4v) is 2.48. The summed E-state index contributed by atoms with van der Waals surface area (Å²) in [5.74, 6) is -0.587. The van der Waals surface area contributed by atoms with Crippen molar-refractivity contribution in [1.82, 2.24) is 20.9 Å². The molecule has 0 aliphatic rings. The van der Waals surface area contributed by atoms with Gasteiger partial charge < -0.3 is 26.5 Å². The summed E-state index contributed by atoms with van der Waals surface area (Å²) in [6.07, 6.45) is 0. The Bertz CT molecular complexity index is 1090. The van der Waals surface area contributed by atoms with Crippen LogP contribution in [-0.4, -0.2) is 94.9 Å². The Balaban J connectivity index is 0. The van der Waals surface area contributed by atoms with Crippen molar-refractivity contribution in [3.63, 3.8) is 0 Å². The maximum Gasteiger partial charge on any atom is 0.255 e. The van der Waals surface area contributed by atoms with Crippen LogP contribution in [0.25, 0.3) is 0 Å². The normalized spacial score (nSPS) is 9.46. The molecule has 0 fully saturated rings. The first-order chi connectivity index (χ1) is 19.4. The number of nitrogens with one attached hydrogen (secondary N) is 3. The maximum atomic E-state index is 11.5. The molecule has 3 aromatic carbocycles. The molecule has 11 nitrogen and oxygen atoms in total. The van der Waals surface area contributed by atoms with Crippen molar-refractivity contribution < 1.29 is 29.0 Å². The topological polar surface area (TPSA) is 154 Å². The molecule has 0 spiro atoms. The predicted octanol–water partition coefficient (Wildman–Crippen LogP) is 2.21. The van der Waals surface area contributed by atoms with Crippen LogP contribution in [-0.2, 0) is 4.79 Å². The Morgan fingerprint density at radius 2 is 1.05 bits per heavy atom. The lowest BCUT2D eigenvalue weighted by Gasteiger charge is -2.19. The number of amides is 3. The van der Waals surface area contributed by atoms with Crippen molar-refractivity contribution in [2.45, 2.75) is 0 Å². The molecule has 0 saturated carbocycles. The van der Waals surface area contributed by atoms with Gasteiger partial charge in [0.2, 0.25) is 5.91 Å². The molecule has 0 aliphatic heterocycles. The Hall–Kier alpha value is -4.42. The van der Waals surface area contributed by atoms with Crippen LogP contribution < -0.4 is 21.7 Å². The van der Waals surface area contributed by atoms with Crippen LogP contribution >= 0.6 is 0 Å². The van der Waals surface area contributed by atoms with E-state index < -0.39 is 0 Å². The van der Waals surface area contributed by atoms with Gasteiger partial charge in [-0.1, -0.05) is 54.6 Å². The first kappa shape index (κ1) is 38.7. The second-order valence-corrected chi connectivity index (χ2v) is 8.99. The summed E-state index contributed by atoms with van der Waals surface area (Å²) < 4.78 is -0.279. The van der Waals surface area contributed by atoms with Crippen LogP contribution in [0.15, 0.2) is 91.0 Å². The van der Waals surface area contributed by atoms with Gasteiger partial charge in [0.05, 0.1) is 20.8 Å². The van der Waals surface area contributed by atoms with Gasteiger partial charge in [-0.2, -0.15) is 4.65 Å². The number of hydrogen-bond donors (Lipinski definition) is 5.